The molecule has 4 nitrogen and oxygen atoms in total. The number of aliphatic hydroxyl groups excluding tert-OH is 1. The van der Waals surface area contributed by atoms with Crippen LogP contribution < -0.4 is 0 Å². The molecule has 2 aromatic carbocycles. The normalized spacial score (nSPS) is 21.0. The fraction of sp³-hybridized carbons (Fsp3) is 0.409. The first-order valence-corrected chi connectivity index (χ1v) is 9.38. The Morgan fingerprint density at radius 3 is 2.44 bits per heavy atom. The Labute approximate surface area is 159 Å². The minimum absolute atomic E-state index is 0.0178. The molecule has 5 heteroatoms. The molecule has 1 N–H and O–H groups in total. The quantitative estimate of drug-likeness (QED) is 0.800. The summed E-state index contributed by atoms with van der Waals surface area (Å²) in [5, 5.41) is 9.27. The molecule has 2 aromatic rings. The Kier molecular flexibility index (Phi) is 5.80. The lowest BCUT2D eigenvalue weighted by molar-refractivity contribution is -0.0680. The first-order chi connectivity index (χ1) is 12.9. The van der Waals surface area contributed by atoms with Gasteiger partial charge in [-0.2, -0.15) is 0 Å². The van der Waals surface area contributed by atoms with Crippen LogP contribution in [0.2, 0.25) is 0 Å². The molecule has 1 aliphatic heterocycles. The van der Waals surface area contributed by atoms with E-state index < -0.39 is 5.60 Å². The fourth-order valence-electron chi connectivity index (χ4n) is 3.69. The van der Waals surface area contributed by atoms with Crippen LogP contribution >= 0.6 is 0 Å². The number of aliphatic hydroxyl groups is 1. The highest BCUT2D eigenvalue weighted by Crippen LogP contribution is 2.40. The van der Waals surface area contributed by atoms with E-state index in [0.717, 1.165) is 11.1 Å². The zero-order chi connectivity index (χ0) is 19.4. The van der Waals surface area contributed by atoms with Gasteiger partial charge >= 0.3 is 6.09 Å². The van der Waals surface area contributed by atoms with E-state index in [2.05, 4.69) is 0 Å². The van der Waals surface area contributed by atoms with Crippen molar-refractivity contribution in [2.45, 2.75) is 44.8 Å². The molecule has 0 bridgehead atoms. The molecule has 0 radical (unpaired) electrons. The molecule has 0 saturated carbocycles. The van der Waals surface area contributed by atoms with Crippen LogP contribution in [0.3, 0.4) is 0 Å². The SMILES string of the molecule is Cc1ccc([C@H](C)N2CC[C@](CCCO)(c3ccc(F)cc3)OC2=O)cc1. The zero-order valence-corrected chi connectivity index (χ0v) is 15.8. The number of hydrogen-bond acceptors (Lipinski definition) is 3. The highest BCUT2D eigenvalue weighted by Gasteiger charge is 2.43. The van der Waals surface area contributed by atoms with Gasteiger partial charge in [-0.15, -0.1) is 0 Å². The van der Waals surface area contributed by atoms with Crippen LogP contribution in [0.15, 0.2) is 48.5 Å². The number of carbonyl (C=O) groups excluding carboxylic acids is 1. The van der Waals surface area contributed by atoms with Crippen molar-refractivity contribution in [3.63, 3.8) is 0 Å². The van der Waals surface area contributed by atoms with Gasteiger partial charge in [-0.3, -0.25) is 0 Å². The van der Waals surface area contributed by atoms with E-state index in [1.807, 2.05) is 38.1 Å². The van der Waals surface area contributed by atoms with Gasteiger partial charge in [-0.1, -0.05) is 42.0 Å². The van der Waals surface area contributed by atoms with Gasteiger partial charge in [0.25, 0.3) is 0 Å². The number of rotatable bonds is 6. The third-order valence-electron chi connectivity index (χ3n) is 5.41. The highest BCUT2D eigenvalue weighted by atomic mass is 19.1. The molecule has 1 aliphatic rings. The van der Waals surface area contributed by atoms with Gasteiger partial charge in [0.05, 0.1) is 6.04 Å². The highest BCUT2D eigenvalue weighted by molar-refractivity contribution is 5.70. The molecule has 1 heterocycles. The minimum atomic E-state index is -0.822. The molecule has 0 unspecified atom stereocenters. The van der Waals surface area contributed by atoms with Gasteiger partial charge in [0.1, 0.15) is 11.4 Å². The second-order valence-corrected chi connectivity index (χ2v) is 7.23. The molecule has 1 amide bonds. The van der Waals surface area contributed by atoms with E-state index in [0.29, 0.717) is 25.8 Å². The van der Waals surface area contributed by atoms with Gasteiger partial charge in [-0.25, -0.2) is 9.18 Å². The van der Waals surface area contributed by atoms with E-state index in [4.69, 9.17) is 4.74 Å². The number of aryl methyl sites for hydroxylation is 1. The maximum atomic E-state index is 13.3. The number of nitrogens with zero attached hydrogens (tertiary/aromatic N) is 1. The first-order valence-electron chi connectivity index (χ1n) is 9.38. The van der Waals surface area contributed by atoms with Gasteiger partial charge in [0.2, 0.25) is 0 Å². The fourth-order valence-corrected chi connectivity index (χ4v) is 3.69. The largest absolute Gasteiger partial charge is 0.438 e. The first kappa shape index (κ1) is 19.4. The molecule has 1 fully saturated rings. The van der Waals surface area contributed by atoms with Crippen molar-refractivity contribution in [1.82, 2.24) is 4.90 Å². The van der Waals surface area contributed by atoms with Crippen LogP contribution in [0, 0.1) is 12.7 Å². The van der Waals surface area contributed by atoms with Crippen molar-refractivity contribution >= 4 is 6.09 Å². The molecular formula is C22H26FNO3. The predicted molar refractivity (Wildman–Crippen MR) is 102 cm³/mol. The number of amides is 1. The Hall–Kier alpha value is -2.40. The second-order valence-electron chi connectivity index (χ2n) is 7.23. The van der Waals surface area contributed by atoms with E-state index in [1.54, 1.807) is 17.0 Å². The molecule has 1 saturated heterocycles. The number of cyclic esters (lactones) is 1. The standard InChI is InChI=1S/C22H26FNO3/c1-16-4-6-18(7-5-16)17(2)24-14-13-22(12-3-15-25,27-21(24)26)19-8-10-20(23)11-9-19/h4-11,17,25H,3,12-15H2,1-2H3/t17-,22+/m0/s1. The summed E-state index contributed by atoms with van der Waals surface area (Å²) >= 11 is 0. The average Bonchev–Trinajstić information content (AvgIpc) is 2.67. The van der Waals surface area contributed by atoms with Gasteiger partial charge in [0.15, 0.2) is 0 Å². The Morgan fingerprint density at radius 1 is 1.19 bits per heavy atom. The van der Waals surface area contributed by atoms with Gasteiger partial charge in [-0.05, 0) is 49.9 Å². The third kappa shape index (κ3) is 4.14. The summed E-state index contributed by atoms with van der Waals surface area (Å²) in [7, 11) is 0. The monoisotopic (exact) mass is 371 g/mol. The summed E-state index contributed by atoms with van der Waals surface area (Å²) in [5.74, 6) is -0.326. The maximum Gasteiger partial charge on any atom is 0.411 e. The molecule has 0 spiro atoms. The molecule has 0 aliphatic carbocycles. The summed E-state index contributed by atoms with van der Waals surface area (Å²) in [5.41, 5.74) is 2.18. The van der Waals surface area contributed by atoms with Crippen LogP contribution in [0.4, 0.5) is 9.18 Å². The van der Waals surface area contributed by atoms with Crippen molar-refractivity contribution in [3.05, 3.63) is 71.0 Å². The lowest BCUT2D eigenvalue weighted by Crippen LogP contribution is -2.48. The minimum Gasteiger partial charge on any atom is -0.438 e. The van der Waals surface area contributed by atoms with E-state index in [-0.39, 0.29) is 24.6 Å². The van der Waals surface area contributed by atoms with E-state index >= 15 is 0 Å². The molecule has 3 rings (SSSR count). The van der Waals surface area contributed by atoms with Crippen molar-refractivity contribution in [1.29, 1.82) is 0 Å². The van der Waals surface area contributed by atoms with E-state index in [9.17, 15) is 14.3 Å². The second kappa shape index (κ2) is 8.09. The third-order valence-corrected chi connectivity index (χ3v) is 5.41. The molecule has 27 heavy (non-hydrogen) atoms. The van der Waals surface area contributed by atoms with Gasteiger partial charge < -0.3 is 14.7 Å². The predicted octanol–water partition coefficient (Wildman–Crippen LogP) is 4.71. The van der Waals surface area contributed by atoms with Crippen LogP contribution in [-0.2, 0) is 10.3 Å². The number of benzene rings is 2. The van der Waals surface area contributed by atoms with Crippen LogP contribution in [0.25, 0.3) is 0 Å². The summed E-state index contributed by atoms with van der Waals surface area (Å²) in [6.07, 6.45) is 1.24. The summed E-state index contributed by atoms with van der Waals surface area (Å²) in [6, 6.07) is 14.1. The topological polar surface area (TPSA) is 49.8 Å². The number of ether oxygens (including phenoxy) is 1. The van der Waals surface area contributed by atoms with Crippen molar-refractivity contribution in [2.24, 2.45) is 0 Å². The zero-order valence-electron chi connectivity index (χ0n) is 15.8. The Bertz CT molecular complexity index is 775. The maximum absolute atomic E-state index is 13.3. The van der Waals surface area contributed by atoms with Crippen molar-refractivity contribution < 1.29 is 19.0 Å². The van der Waals surface area contributed by atoms with Gasteiger partial charge in [0, 0.05) is 19.6 Å². The number of halogens is 1. The molecule has 0 aromatic heterocycles. The van der Waals surface area contributed by atoms with Crippen LogP contribution in [0.5, 0.6) is 0 Å². The van der Waals surface area contributed by atoms with Crippen LogP contribution in [0.1, 0.15) is 48.9 Å². The molecule has 144 valence electrons. The Morgan fingerprint density at radius 2 is 1.85 bits per heavy atom. The lowest BCUT2D eigenvalue weighted by Gasteiger charge is -2.43. The Balaban J connectivity index is 1.81. The summed E-state index contributed by atoms with van der Waals surface area (Å²) < 4.78 is 19.3. The summed E-state index contributed by atoms with van der Waals surface area (Å²) in [4.78, 5) is 14.6. The lowest BCUT2D eigenvalue weighted by atomic mass is 9.84. The van der Waals surface area contributed by atoms with Crippen LogP contribution in [-0.4, -0.2) is 29.3 Å². The number of hydrogen-bond donors (Lipinski definition) is 1. The molecule has 2 atom stereocenters. The summed E-state index contributed by atoms with van der Waals surface area (Å²) in [6.45, 7) is 4.58. The smallest absolute Gasteiger partial charge is 0.411 e. The number of carbonyl (C=O) groups is 1. The molecular weight excluding hydrogens is 345 g/mol. The van der Waals surface area contributed by atoms with Crippen molar-refractivity contribution in [2.75, 3.05) is 13.2 Å². The van der Waals surface area contributed by atoms with E-state index in [1.165, 1.54) is 17.7 Å². The van der Waals surface area contributed by atoms with Crippen molar-refractivity contribution in [3.8, 4) is 0 Å². The average molecular weight is 371 g/mol.